The monoisotopic (exact) mass is 213 g/mol. The predicted octanol–water partition coefficient (Wildman–Crippen LogP) is 2.12. The minimum absolute atomic E-state index is 0.225. The standard InChI is InChI=1S/C10H15NO2S/c1-7(10(12)13)5-11-8(2)9-3-4-14-6-9/h3-4,6-8,11H,5H2,1-2H3,(H,12,13). The van der Waals surface area contributed by atoms with E-state index in [0.29, 0.717) is 6.54 Å². The molecule has 2 N–H and O–H groups in total. The summed E-state index contributed by atoms with van der Waals surface area (Å²) in [6, 6.07) is 2.27. The first-order chi connectivity index (χ1) is 6.61. The number of hydrogen-bond acceptors (Lipinski definition) is 3. The van der Waals surface area contributed by atoms with Crippen LogP contribution in [0.1, 0.15) is 25.5 Å². The highest BCUT2D eigenvalue weighted by molar-refractivity contribution is 7.07. The van der Waals surface area contributed by atoms with Gasteiger partial charge in [0.2, 0.25) is 0 Å². The molecule has 1 aromatic rings. The zero-order chi connectivity index (χ0) is 10.6. The maximum Gasteiger partial charge on any atom is 0.307 e. The van der Waals surface area contributed by atoms with Gasteiger partial charge in [-0.2, -0.15) is 11.3 Å². The van der Waals surface area contributed by atoms with E-state index in [0.717, 1.165) is 0 Å². The summed E-state index contributed by atoms with van der Waals surface area (Å²) in [5.74, 6) is -1.09. The highest BCUT2D eigenvalue weighted by Crippen LogP contribution is 2.15. The Morgan fingerprint density at radius 3 is 2.86 bits per heavy atom. The first-order valence-corrected chi connectivity index (χ1v) is 5.54. The molecule has 78 valence electrons. The van der Waals surface area contributed by atoms with Crippen LogP contribution in [-0.2, 0) is 4.79 Å². The molecule has 0 aliphatic rings. The van der Waals surface area contributed by atoms with Crippen molar-refractivity contribution in [2.75, 3.05) is 6.54 Å². The summed E-state index contributed by atoms with van der Waals surface area (Å²) in [4.78, 5) is 10.6. The molecular weight excluding hydrogens is 198 g/mol. The van der Waals surface area contributed by atoms with E-state index in [1.54, 1.807) is 18.3 Å². The molecular formula is C10H15NO2S. The van der Waals surface area contributed by atoms with Crippen molar-refractivity contribution >= 4 is 17.3 Å². The minimum Gasteiger partial charge on any atom is -0.481 e. The van der Waals surface area contributed by atoms with Crippen molar-refractivity contribution in [1.29, 1.82) is 0 Å². The van der Waals surface area contributed by atoms with E-state index in [9.17, 15) is 4.79 Å². The van der Waals surface area contributed by atoms with Gasteiger partial charge in [0.25, 0.3) is 0 Å². The van der Waals surface area contributed by atoms with Crippen LogP contribution in [0.3, 0.4) is 0 Å². The van der Waals surface area contributed by atoms with Crippen molar-refractivity contribution in [3.05, 3.63) is 22.4 Å². The van der Waals surface area contributed by atoms with Crippen LogP contribution in [0.2, 0.25) is 0 Å². The molecule has 0 spiro atoms. The van der Waals surface area contributed by atoms with Gasteiger partial charge in [0.15, 0.2) is 0 Å². The van der Waals surface area contributed by atoms with E-state index < -0.39 is 5.97 Å². The predicted molar refractivity (Wildman–Crippen MR) is 57.5 cm³/mol. The van der Waals surface area contributed by atoms with Crippen molar-refractivity contribution in [2.24, 2.45) is 5.92 Å². The van der Waals surface area contributed by atoms with Gasteiger partial charge in [-0.15, -0.1) is 0 Å². The zero-order valence-electron chi connectivity index (χ0n) is 8.36. The molecule has 3 nitrogen and oxygen atoms in total. The summed E-state index contributed by atoms with van der Waals surface area (Å²) < 4.78 is 0. The molecule has 0 saturated carbocycles. The van der Waals surface area contributed by atoms with Gasteiger partial charge in [-0.1, -0.05) is 6.92 Å². The average Bonchev–Trinajstić information content (AvgIpc) is 2.66. The Balaban J connectivity index is 2.35. The maximum absolute atomic E-state index is 10.6. The highest BCUT2D eigenvalue weighted by atomic mass is 32.1. The van der Waals surface area contributed by atoms with Gasteiger partial charge in [-0.3, -0.25) is 4.79 Å². The van der Waals surface area contributed by atoms with E-state index >= 15 is 0 Å². The second kappa shape index (κ2) is 5.12. The van der Waals surface area contributed by atoms with Crippen LogP contribution in [0.4, 0.5) is 0 Å². The summed E-state index contributed by atoms with van der Waals surface area (Å²) in [5, 5.41) is 16.0. The number of aliphatic carboxylic acids is 1. The average molecular weight is 213 g/mol. The highest BCUT2D eigenvalue weighted by Gasteiger charge is 2.12. The topological polar surface area (TPSA) is 49.3 Å². The lowest BCUT2D eigenvalue weighted by atomic mass is 10.1. The number of rotatable bonds is 5. The number of thiophene rings is 1. The fourth-order valence-electron chi connectivity index (χ4n) is 1.08. The molecule has 2 unspecified atom stereocenters. The van der Waals surface area contributed by atoms with Gasteiger partial charge in [-0.25, -0.2) is 0 Å². The second-order valence-electron chi connectivity index (χ2n) is 3.43. The SMILES string of the molecule is CC(CNC(C)c1ccsc1)C(=O)O. The first-order valence-electron chi connectivity index (χ1n) is 4.59. The summed E-state index contributed by atoms with van der Waals surface area (Å²) in [6.07, 6.45) is 0. The third-order valence-electron chi connectivity index (χ3n) is 2.19. The molecule has 0 aliphatic carbocycles. The lowest BCUT2D eigenvalue weighted by Gasteiger charge is -2.14. The number of nitrogens with one attached hydrogen (secondary N) is 1. The normalized spacial score (nSPS) is 15.0. The molecule has 1 aromatic heterocycles. The van der Waals surface area contributed by atoms with Crippen molar-refractivity contribution in [3.63, 3.8) is 0 Å². The van der Waals surface area contributed by atoms with Crippen LogP contribution in [-0.4, -0.2) is 17.6 Å². The molecule has 2 atom stereocenters. The molecule has 1 heterocycles. The van der Waals surface area contributed by atoms with E-state index in [1.807, 2.05) is 18.4 Å². The summed E-state index contributed by atoms with van der Waals surface area (Å²) in [7, 11) is 0. The Kier molecular flexibility index (Phi) is 4.10. The fourth-order valence-corrected chi connectivity index (χ4v) is 1.83. The van der Waals surface area contributed by atoms with Crippen molar-refractivity contribution in [2.45, 2.75) is 19.9 Å². The van der Waals surface area contributed by atoms with Crippen LogP contribution < -0.4 is 5.32 Å². The summed E-state index contributed by atoms with van der Waals surface area (Å²) >= 11 is 1.65. The molecule has 0 aromatic carbocycles. The molecule has 0 aliphatic heterocycles. The van der Waals surface area contributed by atoms with Crippen molar-refractivity contribution in [1.82, 2.24) is 5.32 Å². The summed E-state index contributed by atoms with van der Waals surface area (Å²) in [6.45, 7) is 4.25. The van der Waals surface area contributed by atoms with Crippen LogP contribution in [0.5, 0.6) is 0 Å². The molecule has 0 fully saturated rings. The Hall–Kier alpha value is -0.870. The maximum atomic E-state index is 10.6. The third-order valence-corrected chi connectivity index (χ3v) is 2.90. The van der Waals surface area contributed by atoms with E-state index in [1.165, 1.54) is 5.56 Å². The van der Waals surface area contributed by atoms with E-state index in [4.69, 9.17) is 5.11 Å². The minimum atomic E-state index is -0.755. The second-order valence-corrected chi connectivity index (χ2v) is 4.21. The van der Waals surface area contributed by atoms with Crippen molar-refractivity contribution in [3.8, 4) is 0 Å². The lowest BCUT2D eigenvalue weighted by Crippen LogP contribution is -2.28. The molecule has 1 rings (SSSR count). The van der Waals surface area contributed by atoms with Gasteiger partial charge in [0.1, 0.15) is 0 Å². The van der Waals surface area contributed by atoms with Crippen molar-refractivity contribution < 1.29 is 9.90 Å². The Bertz CT molecular complexity index is 284. The third kappa shape index (κ3) is 3.12. The van der Waals surface area contributed by atoms with Crippen LogP contribution in [0.15, 0.2) is 16.8 Å². The number of carbonyl (C=O) groups is 1. The Morgan fingerprint density at radius 1 is 1.64 bits per heavy atom. The number of hydrogen-bond donors (Lipinski definition) is 2. The first kappa shape index (κ1) is 11.2. The molecule has 4 heteroatoms. The zero-order valence-corrected chi connectivity index (χ0v) is 9.17. The van der Waals surface area contributed by atoms with Gasteiger partial charge >= 0.3 is 5.97 Å². The molecule has 14 heavy (non-hydrogen) atoms. The van der Waals surface area contributed by atoms with Gasteiger partial charge in [-0.05, 0) is 29.3 Å². The number of carboxylic acid groups (broad SMARTS) is 1. The largest absolute Gasteiger partial charge is 0.481 e. The van der Waals surface area contributed by atoms with Crippen LogP contribution in [0, 0.1) is 5.92 Å². The molecule has 0 saturated heterocycles. The van der Waals surface area contributed by atoms with Gasteiger partial charge in [0, 0.05) is 12.6 Å². The number of carboxylic acids is 1. The fraction of sp³-hybridized carbons (Fsp3) is 0.500. The molecule has 0 bridgehead atoms. The lowest BCUT2D eigenvalue weighted by molar-refractivity contribution is -0.140. The van der Waals surface area contributed by atoms with E-state index in [-0.39, 0.29) is 12.0 Å². The van der Waals surface area contributed by atoms with E-state index in [2.05, 4.69) is 10.7 Å². The van der Waals surface area contributed by atoms with Crippen LogP contribution in [0.25, 0.3) is 0 Å². The molecule has 0 amide bonds. The van der Waals surface area contributed by atoms with Crippen LogP contribution >= 0.6 is 11.3 Å². The van der Waals surface area contributed by atoms with Gasteiger partial charge in [0.05, 0.1) is 5.92 Å². The summed E-state index contributed by atoms with van der Waals surface area (Å²) in [5.41, 5.74) is 1.22. The smallest absolute Gasteiger partial charge is 0.307 e. The molecule has 0 radical (unpaired) electrons. The van der Waals surface area contributed by atoms with Gasteiger partial charge < -0.3 is 10.4 Å². The Labute approximate surface area is 87.8 Å². The Morgan fingerprint density at radius 2 is 2.36 bits per heavy atom. The quantitative estimate of drug-likeness (QED) is 0.787.